The van der Waals surface area contributed by atoms with Gasteiger partial charge in [-0.05, 0) is 37.6 Å². The summed E-state index contributed by atoms with van der Waals surface area (Å²) in [5, 5.41) is 3.47. The van der Waals surface area contributed by atoms with Crippen LogP contribution in [-0.4, -0.2) is 26.8 Å². The van der Waals surface area contributed by atoms with Crippen LogP contribution in [0.15, 0.2) is 12.7 Å². The molecule has 1 saturated carbocycles. The van der Waals surface area contributed by atoms with Crippen LogP contribution in [0.2, 0.25) is 0 Å². The van der Waals surface area contributed by atoms with Gasteiger partial charge in [0.15, 0.2) is 0 Å². The first-order valence-corrected chi connectivity index (χ1v) is 5.13. The Balaban J connectivity index is 2.02. The van der Waals surface area contributed by atoms with E-state index < -0.39 is 0 Å². The zero-order chi connectivity index (χ0) is 9.57. The maximum Gasteiger partial charge on any atom is 0.0468 e. The third-order valence-corrected chi connectivity index (χ3v) is 2.82. The lowest BCUT2D eigenvalue weighted by atomic mass is 10.0. The SMILES string of the molecule is C=CCCNCC1(CCOC)CC1. The number of hydrogen-bond donors (Lipinski definition) is 1. The van der Waals surface area contributed by atoms with E-state index >= 15 is 0 Å². The van der Waals surface area contributed by atoms with Gasteiger partial charge in [0.25, 0.3) is 0 Å². The van der Waals surface area contributed by atoms with Gasteiger partial charge in [-0.3, -0.25) is 0 Å². The summed E-state index contributed by atoms with van der Waals surface area (Å²) in [7, 11) is 1.78. The smallest absolute Gasteiger partial charge is 0.0468 e. The molecule has 2 heteroatoms. The molecule has 0 aromatic heterocycles. The predicted molar refractivity (Wildman–Crippen MR) is 55.8 cm³/mol. The van der Waals surface area contributed by atoms with Gasteiger partial charge in [0.05, 0.1) is 0 Å². The van der Waals surface area contributed by atoms with Crippen LogP contribution in [0.3, 0.4) is 0 Å². The van der Waals surface area contributed by atoms with Crippen LogP contribution in [0.4, 0.5) is 0 Å². The molecule has 0 unspecified atom stereocenters. The average molecular weight is 183 g/mol. The fraction of sp³-hybridized carbons (Fsp3) is 0.818. The van der Waals surface area contributed by atoms with Crippen LogP contribution >= 0.6 is 0 Å². The second-order valence-corrected chi connectivity index (χ2v) is 4.00. The second kappa shape index (κ2) is 5.40. The van der Waals surface area contributed by atoms with Gasteiger partial charge in [-0.1, -0.05) is 6.08 Å². The highest BCUT2D eigenvalue weighted by molar-refractivity contribution is 4.94. The van der Waals surface area contributed by atoms with E-state index in [0.717, 1.165) is 26.1 Å². The molecule has 1 aliphatic rings. The first-order valence-electron chi connectivity index (χ1n) is 5.13. The lowest BCUT2D eigenvalue weighted by Gasteiger charge is -2.14. The Kier molecular flexibility index (Phi) is 4.46. The van der Waals surface area contributed by atoms with E-state index in [0.29, 0.717) is 5.41 Å². The van der Waals surface area contributed by atoms with Gasteiger partial charge >= 0.3 is 0 Å². The highest BCUT2D eigenvalue weighted by atomic mass is 16.5. The van der Waals surface area contributed by atoms with Crippen LogP contribution in [0.1, 0.15) is 25.7 Å². The number of methoxy groups -OCH3 is 1. The van der Waals surface area contributed by atoms with E-state index in [-0.39, 0.29) is 0 Å². The summed E-state index contributed by atoms with van der Waals surface area (Å²) in [6.45, 7) is 6.83. The Hall–Kier alpha value is -0.340. The lowest BCUT2D eigenvalue weighted by molar-refractivity contribution is 0.171. The van der Waals surface area contributed by atoms with E-state index in [9.17, 15) is 0 Å². The third kappa shape index (κ3) is 3.92. The Morgan fingerprint density at radius 3 is 2.85 bits per heavy atom. The van der Waals surface area contributed by atoms with E-state index in [4.69, 9.17) is 4.74 Å². The minimum Gasteiger partial charge on any atom is -0.385 e. The topological polar surface area (TPSA) is 21.3 Å². The van der Waals surface area contributed by atoms with Crippen molar-refractivity contribution in [3.63, 3.8) is 0 Å². The summed E-state index contributed by atoms with van der Waals surface area (Å²) in [6.07, 6.45) is 6.99. The van der Waals surface area contributed by atoms with Gasteiger partial charge in [0.2, 0.25) is 0 Å². The summed E-state index contributed by atoms with van der Waals surface area (Å²) < 4.78 is 5.10. The fourth-order valence-corrected chi connectivity index (χ4v) is 1.57. The summed E-state index contributed by atoms with van der Waals surface area (Å²) >= 11 is 0. The molecule has 1 N–H and O–H groups in total. The van der Waals surface area contributed by atoms with Gasteiger partial charge in [-0.15, -0.1) is 6.58 Å². The van der Waals surface area contributed by atoms with E-state index in [1.165, 1.54) is 19.3 Å². The van der Waals surface area contributed by atoms with Crippen LogP contribution in [0.25, 0.3) is 0 Å². The summed E-state index contributed by atoms with van der Waals surface area (Å²) in [5.41, 5.74) is 0.581. The molecule has 0 heterocycles. The van der Waals surface area contributed by atoms with Crippen LogP contribution in [0.5, 0.6) is 0 Å². The van der Waals surface area contributed by atoms with Crippen molar-refractivity contribution < 1.29 is 4.74 Å². The molecule has 0 spiro atoms. The third-order valence-electron chi connectivity index (χ3n) is 2.82. The Bertz CT molecular complexity index is 152. The Labute approximate surface area is 81.4 Å². The summed E-state index contributed by atoms with van der Waals surface area (Å²) in [4.78, 5) is 0. The number of rotatable bonds is 8. The van der Waals surface area contributed by atoms with Crippen molar-refractivity contribution in [2.75, 3.05) is 26.8 Å². The molecule has 0 aliphatic heterocycles. The molecule has 1 fully saturated rings. The number of nitrogens with one attached hydrogen (secondary N) is 1. The molecule has 76 valence electrons. The number of ether oxygens (including phenoxy) is 1. The molecule has 0 radical (unpaired) electrons. The standard InChI is InChI=1S/C11H21NO/c1-3-4-8-12-10-11(5-6-11)7-9-13-2/h3,12H,1,4-10H2,2H3. The molecule has 2 nitrogen and oxygen atoms in total. The molecule has 0 saturated heterocycles. The van der Waals surface area contributed by atoms with Crippen molar-refractivity contribution in [2.45, 2.75) is 25.7 Å². The molecular weight excluding hydrogens is 162 g/mol. The van der Waals surface area contributed by atoms with Gasteiger partial charge in [0.1, 0.15) is 0 Å². The molecule has 13 heavy (non-hydrogen) atoms. The zero-order valence-corrected chi connectivity index (χ0v) is 8.64. The summed E-state index contributed by atoms with van der Waals surface area (Å²) in [5.74, 6) is 0. The van der Waals surface area contributed by atoms with Crippen molar-refractivity contribution >= 4 is 0 Å². The highest BCUT2D eigenvalue weighted by Crippen LogP contribution is 2.48. The van der Waals surface area contributed by atoms with Gasteiger partial charge in [-0.25, -0.2) is 0 Å². The number of hydrogen-bond acceptors (Lipinski definition) is 2. The van der Waals surface area contributed by atoms with Crippen molar-refractivity contribution in [3.8, 4) is 0 Å². The van der Waals surface area contributed by atoms with Crippen molar-refractivity contribution in [3.05, 3.63) is 12.7 Å². The molecular formula is C11H21NO. The fourth-order valence-electron chi connectivity index (χ4n) is 1.57. The maximum atomic E-state index is 5.10. The first-order chi connectivity index (χ1) is 6.33. The summed E-state index contributed by atoms with van der Waals surface area (Å²) in [6, 6.07) is 0. The van der Waals surface area contributed by atoms with Gasteiger partial charge in [0, 0.05) is 20.3 Å². The van der Waals surface area contributed by atoms with Crippen molar-refractivity contribution in [1.82, 2.24) is 5.32 Å². The van der Waals surface area contributed by atoms with Crippen LogP contribution in [-0.2, 0) is 4.74 Å². The first kappa shape index (κ1) is 10.7. The monoisotopic (exact) mass is 183 g/mol. The lowest BCUT2D eigenvalue weighted by Crippen LogP contribution is -2.25. The normalized spacial score (nSPS) is 18.5. The maximum absolute atomic E-state index is 5.10. The predicted octanol–water partition coefficient (Wildman–Crippen LogP) is 1.97. The Morgan fingerprint density at radius 1 is 1.54 bits per heavy atom. The van der Waals surface area contributed by atoms with E-state index in [2.05, 4.69) is 11.9 Å². The van der Waals surface area contributed by atoms with E-state index in [1.807, 2.05) is 6.08 Å². The minimum atomic E-state index is 0.581. The molecule has 0 atom stereocenters. The van der Waals surface area contributed by atoms with Gasteiger partial charge in [-0.2, -0.15) is 0 Å². The molecule has 0 amide bonds. The Morgan fingerprint density at radius 2 is 2.31 bits per heavy atom. The highest BCUT2D eigenvalue weighted by Gasteiger charge is 2.41. The van der Waals surface area contributed by atoms with Crippen LogP contribution < -0.4 is 5.32 Å². The average Bonchev–Trinajstić information content (AvgIpc) is 2.91. The molecule has 0 bridgehead atoms. The molecule has 0 aromatic carbocycles. The molecule has 0 aromatic rings. The van der Waals surface area contributed by atoms with Crippen molar-refractivity contribution in [2.24, 2.45) is 5.41 Å². The zero-order valence-electron chi connectivity index (χ0n) is 8.64. The molecule has 1 aliphatic carbocycles. The van der Waals surface area contributed by atoms with Crippen LogP contribution in [0, 0.1) is 5.41 Å². The van der Waals surface area contributed by atoms with E-state index in [1.54, 1.807) is 7.11 Å². The molecule has 1 rings (SSSR count). The second-order valence-electron chi connectivity index (χ2n) is 4.00. The van der Waals surface area contributed by atoms with Crippen molar-refractivity contribution in [1.29, 1.82) is 0 Å². The largest absolute Gasteiger partial charge is 0.385 e. The minimum absolute atomic E-state index is 0.581. The quantitative estimate of drug-likeness (QED) is 0.459. The van der Waals surface area contributed by atoms with Gasteiger partial charge < -0.3 is 10.1 Å².